The van der Waals surface area contributed by atoms with Crippen molar-refractivity contribution in [3.05, 3.63) is 90.1 Å². The number of nitrogens with zero attached hydrogens (tertiary/aromatic N) is 5. The molecule has 0 atom stereocenters. The van der Waals surface area contributed by atoms with Crippen LogP contribution in [0.2, 0.25) is 0 Å². The molecule has 37 heavy (non-hydrogen) atoms. The third-order valence-corrected chi connectivity index (χ3v) is 7.84. The van der Waals surface area contributed by atoms with Crippen molar-refractivity contribution in [3.8, 4) is 5.69 Å². The molecular formula is C30H28FN5O. The van der Waals surface area contributed by atoms with Gasteiger partial charge in [0.25, 0.3) is 5.91 Å². The highest BCUT2D eigenvalue weighted by atomic mass is 19.1. The van der Waals surface area contributed by atoms with Crippen molar-refractivity contribution in [2.24, 2.45) is 5.92 Å². The lowest BCUT2D eigenvalue weighted by atomic mass is 9.95. The predicted octanol–water partition coefficient (Wildman–Crippen LogP) is 5.94. The number of amides is 1. The number of halogens is 1. The fourth-order valence-corrected chi connectivity index (χ4v) is 5.66. The van der Waals surface area contributed by atoms with E-state index in [4.69, 9.17) is 4.98 Å². The van der Waals surface area contributed by atoms with Gasteiger partial charge in [-0.05, 0) is 80.1 Å². The summed E-state index contributed by atoms with van der Waals surface area (Å²) in [7, 11) is 0. The molecule has 1 aliphatic carbocycles. The maximum absolute atomic E-state index is 13.7. The van der Waals surface area contributed by atoms with E-state index in [0.717, 1.165) is 54.8 Å². The summed E-state index contributed by atoms with van der Waals surface area (Å²) in [6, 6.07) is 20.4. The molecule has 2 aromatic heterocycles. The van der Waals surface area contributed by atoms with E-state index in [2.05, 4.69) is 33.9 Å². The number of rotatable bonds is 5. The first-order chi connectivity index (χ1) is 18.1. The number of piperidine rings is 1. The summed E-state index contributed by atoms with van der Waals surface area (Å²) in [6.07, 6.45) is 6.18. The molecular weight excluding hydrogens is 465 g/mol. The number of likely N-dealkylation sites (tertiary alicyclic amines) is 1. The van der Waals surface area contributed by atoms with Crippen LogP contribution in [0, 0.1) is 11.7 Å². The molecule has 0 N–H and O–H groups in total. The van der Waals surface area contributed by atoms with Crippen LogP contribution in [-0.4, -0.2) is 43.2 Å². The van der Waals surface area contributed by atoms with Gasteiger partial charge in [-0.25, -0.2) is 14.1 Å². The van der Waals surface area contributed by atoms with Crippen LogP contribution in [0.25, 0.3) is 27.6 Å². The zero-order valence-corrected chi connectivity index (χ0v) is 20.6. The predicted molar refractivity (Wildman–Crippen MR) is 141 cm³/mol. The van der Waals surface area contributed by atoms with Gasteiger partial charge < -0.3 is 9.47 Å². The van der Waals surface area contributed by atoms with Gasteiger partial charge in [0.1, 0.15) is 11.6 Å². The second kappa shape index (κ2) is 8.83. The summed E-state index contributed by atoms with van der Waals surface area (Å²) in [5, 5.41) is 5.29. The van der Waals surface area contributed by atoms with E-state index in [1.807, 2.05) is 29.2 Å². The number of benzene rings is 3. The van der Waals surface area contributed by atoms with Gasteiger partial charge in [0.05, 0.1) is 28.4 Å². The number of imidazole rings is 1. The zero-order chi connectivity index (χ0) is 24.9. The summed E-state index contributed by atoms with van der Waals surface area (Å²) >= 11 is 0. The molecule has 1 saturated heterocycles. The molecule has 2 fully saturated rings. The molecule has 0 radical (unpaired) electrons. The number of hydrogen-bond acceptors (Lipinski definition) is 3. The molecule has 1 saturated carbocycles. The molecule has 1 amide bonds. The summed E-state index contributed by atoms with van der Waals surface area (Å²) in [5.41, 5.74) is 4.46. The van der Waals surface area contributed by atoms with E-state index < -0.39 is 0 Å². The summed E-state index contributed by atoms with van der Waals surface area (Å²) < 4.78 is 17.9. The lowest BCUT2D eigenvalue weighted by molar-refractivity contribution is 0.0710. The van der Waals surface area contributed by atoms with Gasteiger partial charge in [-0.15, -0.1) is 0 Å². The van der Waals surface area contributed by atoms with Crippen LogP contribution in [0.15, 0.2) is 72.9 Å². The van der Waals surface area contributed by atoms with Crippen molar-refractivity contribution in [3.63, 3.8) is 0 Å². The lowest BCUT2D eigenvalue weighted by Crippen LogP contribution is -2.38. The molecule has 7 rings (SSSR count). The van der Waals surface area contributed by atoms with E-state index in [1.54, 1.807) is 16.9 Å². The van der Waals surface area contributed by atoms with Crippen LogP contribution in [0.4, 0.5) is 4.39 Å². The van der Waals surface area contributed by atoms with Gasteiger partial charge in [-0.2, -0.15) is 5.10 Å². The first-order valence-electron chi connectivity index (χ1n) is 13.1. The van der Waals surface area contributed by atoms with Crippen molar-refractivity contribution in [2.75, 3.05) is 13.1 Å². The van der Waals surface area contributed by atoms with Gasteiger partial charge in [-0.1, -0.05) is 18.2 Å². The van der Waals surface area contributed by atoms with E-state index in [0.29, 0.717) is 17.2 Å². The molecule has 0 bridgehead atoms. The van der Waals surface area contributed by atoms with Gasteiger partial charge in [0, 0.05) is 36.5 Å². The Morgan fingerprint density at radius 3 is 2.57 bits per heavy atom. The summed E-state index contributed by atoms with van der Waals surface area (Å²) in [6.45, 7) is 2.49. The molecule has 186 valence electrons. The fourth-order valence-electron chi connectivity index (χ4n) is 5.66. The summed E-state index contributed by atoms with van der Waals surface area (Å²) in [5.74, 6) is 2.07. The van der Waals surface area contributed by atoms with Crippen molar-refractivity contribution < 1.29 is 9.18 Å². The Labute approximate surface area is 214 Å². The third-order valence-electron chi connectivity index (χ3n) is 7.84. The Morgan fingerprint density at radius 2 is 1.76 bits per heavy atom. The number of carbonyl (C=O) groups excluding carboxylic acids is 1. The maximum atomic E-state index is 13.7. The second-order valence-electron chi connectivity index (χ2n) is 10.4. The van der Waals surface area contributed by atoms with Crippen molar-refractivity contribution in [1.82, 2.24) is 24.2 Å². The number of para-hydroxylation sites is 2. The Morgan fingerprint density at radius 1 is 0.919 bits per heavy atom. The quantitative estimate of drug-likeness (QED) is 0.304. The second-order valence-corrected chi connectivity index (χ2v) is 10.4. The first-order valence-corrected chi connectivity index (χ1v) is 13.1. The number of hydrogen-bond donors (Lipinski definition) is 0. The SMILES string of the molecule is O=C(c1ccc2c(cnn2-c2cccc(F)c2)c1)N1CCC(c2nc3ccccc3n2CC2CC2)CC1. The number of aromatic nitrogens is 4. The fraction of sp³-hybridized carbons (Fsp3) is 0.300. The van der Waals surface area contributed by atoms with E-state index in [1.165, 1.54) is 36.3 Å². The molecule has 2 aliphatic rings. The van der Waals surface area contributed by atoms with Gasteiger partial charge >= 0.3 is 0 Å². The van der Waals surface area contributed by atoms with Gasteiger partial charge in [0.2, 0.25) is 0 Å². The van der Waals surface area contributed by atoms with E-state index >= 15 is 0 Å². The minimum absolute atomic E-state index is 0.0466. The van der Waals surface area contributed by atoms with Gasteiger partial charge in [0.15, 0.2) is 0 Å². The van der Waals surface area contributed by atoms with E-state index in [9.17, 15) is 9.18 Å². The van der Waals surface area contributed by atoms with Crippen molar-refractivity contribution in [1.29, 1.82) is 0 Å². The average molecular weight is 494 g/mol. The molecule has 3 heterocycles. The highest BCUT2D eigenvalue weighted by Crippen LogP contribution is 2.36. The minimum atomic E-state index is -0.306. The largest absolute Gasteiger partial charge is 0.339 e. The number of fused-ring (bicyclic) bond motifs is 2. The molecule has 5 aromatic rings. The summed E-state index contributed by atoms with van der Waals surface area (Å²) in [4.78, 5) is 20.4. The van der Waals surface area contributed by atoms with Gasteiger partial charge in [-0.3, -0.25) is 4.79 Å². The molecule has 0 unspecified atom stereocenters. The van der Waals surface area contributed by atoms with Crippen LogP contribution < -0.4 is 0 Å². The van der Waals surface area contributed by atoms with E-state index in [-0.39, 0.29) is 11.7 Å². The smallest absolute Gasteiger partial charge is 0.253 e. The maximum Gasteiger partial charge on any atom is 0.253 e. The van der Waals surface area contributed by atoms with Crippen LogP contribution in [0.1, 0.15) is 47.8 Å². The highest BCUT2D eigenvalue weighted by molar-refractivity contribution is 5.98. The average Bonchev–Trinajstić information content (AvgIpc) is 3.54. The third kappa shape index (κ3) is 4.08. The highest BCUT2D eigenvalue weighted by Gasteiger charge is 2.30. The molecule has 6 nitrogen and oxygen atoms in total. The molecule has 3 aromatic carbocycles. The minimum Gasteiger partial charge on any atom is -0.339 e. The van der Waals surface area contributed by atoms with Crippen LogP contribution >= 0.6 is 0 Å². The lowest BCUT2D eigenvalue weighted by Gasteiger charge is -2.32. The standard InChI is InChI=1S/C30H28FN5O/c31-24-4-3-5-25(17-24)36-27-11-10-22(16-23(27)18-32-36)30(37)34-14-12-21(13-15-34)29-33-26-6-1-2-7-28(26)35(29)19-20-8-9-20/h1-7,10-11,16-18,20-21H,8-9,12-15,19H2. The van der Waals surface area contributed by atoms with Crippen LogP contribution in [-0.2, 0) is 6.54 Å². The van der Waals surface area contributed by atoms with Crippen LogP contribution in [0.5, 0.6) is 0 Å². The first kappa shape index (κ1) is 22.2. The van der Waals surface area contributed by atoms with Crippen molar-refractivity contribution in [2.45, 2.75) is 38.1 Å². The number of carbonyl (C=O) groups is 1. The van der Waals surface area contributed by atoms with Crippen molar-refractivity contribution >= 4 is 27.8 Å². The topological polar surface area (TPSA) is 56.0 Å². The Hall–Kier alpha value is -4.00. The Kier molecular flexibility index (Phi) is 5.30. The molecule has 7 heteroatoms. The zero-order valence-electron chi connectivity index (χ0n) is 20.6. The molecule has 1 aliphatic heterocycles. The molecule has 0 spiro atoms. The van der Waals surface area contributed by atoms with Crippen LogP contribution in [0.3, 0.4) is 0 Å². The monoisotopic (exact) mass is 493 g/mol. The Balaban J connectivity index is 1.09. The normalized spacial score (nSPS) is 16.6. The Bertz CT molecular complexity index is 1620.